The van der Waals surface area contributed by atoms with Crippen LogP contribution in [0.3, 0.4) is 0 Å². The Labute approximate surface area is 187 Å². The molecule has 2 aliphatic heterocycles. The lowest BCUT2D eigenvalue weighted by Gasteiger charge is -2.34. The number of carbonyl (C=O) groups excluding carboxylic acids is 2. The Balaban J connectivity index is 1.38. The van der Waals surface area contributed by atoms with Crippen molar-refractivity contribution in [3.05, 3.63) is 41.7 Å². The van der Waals surface area contributed by atoms with E-state index in [1.54, 1.807) is 42.2 Å². The molecule has 0 aliphatic carbocycles. The molecule has 0 radical (unpaired) electrons. The van der Waals surface area contributed by atoms with Gasteiger partial charge in [-0.15, -0.1) is 0 Å². The van der Waals surface area contributed by atoms with E-state index >= 15 is 0 Å². The van der Waals surface area contributed by atoms with Crippen LogP contribution in [0.15, 0.2) is 39.8 Å². The van der Waals surface area contributed by atoms with Gasteiger partial charge in [-0.25, -0.2) is 8.42 Å². The summed E-state index contributed by atoms with van der Waals surface area (Å²) in [5, 5.41) is 6.52. The predicted molar refractivity (Wildman–Crippen MR) is 117 cm³/mol. The molecule has 1 N–H and O–H groups in total. The summed E-state index contributed by atoms with van der Waals surface area (Å²) in [6.07, 6.45) is 2.20. The van der Waals surface area contributed by atoms with Crippen molar-refractivity contribution in [3.63, 3.8) is 0 Å². The van der Waals surface area contributed by atoms with E-state index < -0.39 is 16.1 Å². The van der Waals surface area contributed by atoms with Crippen molar-refractivity contribution >= 4 is 27.7 Å². The van der Waals surface area contributed by atoms with Crippen LogP contribution < -0.4 is 5.32 Å². The third-order valence-corrected chi connectivity index (χ3v) is 8.10. The molecule has 0 unspecified atom stereocenters. The largest absolute Gasteiger partial charge is 0.360 e. The van der Waals surface area contributed by atoms with Crippen LogP contribution in [0, 0.1) is 19.8 Å². The maximum atomic E-state index is 13.2. The van der Waals surface area contributed by atoms with Crippen molar-refractivity contribution in [2.75, 3.05) is 25.0 Å². The number of hydrogen-bond acceptors (Lipinski definition) is 6. The average Bonchev–Trinajstić information content (AvgIpc) is 3.43. The Morgan fingerprint density at radius 3 is 2.38 bits per heavy atom. The van der Waals surface area contributed by atoms with E-state index in [0.717, 1.165) is 5.56 Å². The van der Waals surface area contributed by atoms with E-state index in [4.69, 9.17) is 4.52 Å². The van der Waals surface area contributed by atoms with Crippen LogP contribution in [-0.2, 0) is 19.6 Å². The average molecular weight is 461 g/mol. The van der Waals surface area contributed by atoms with Gasteiger partial charge in [-0.3, -0.25) is 9.59 Å². The van der Waals surface area contributed by atoms with Crippen molar-refractivity contribution in [1.82, 2.24) is 14.4 Å². The van der Waals surface area contributed by atoms with Gasteiger partial charge in [0.15, 0.2) is 5.82 Å². The van der Waals surface area contributed by atoms with Crippen LogP contribution in [0.5, 0.6) is 0 Å². The molecule has 0 bridgehead atoms. The van der Waals surface area contributed by atoms with Crippen molar-refractivity contribution in [3.8, 4) is 0 Å². The lowest BCUT2D eigenvalue weighted by Crippen LogP contribution is -2.50. The predicted octanol–water partition coefficient (Wildman–Crippen LogP) is 2.32. The molecule has 1 aromatic carbocycles. The Morgan fingerprint density at radius 2 is 1.75 bits per heavy atom. The topological polar surface area (TPSA) is 113 Å². The highest BCUT2D eigenvalue weighted by atomic mass is 32.2. The Hall–Kier alpha value is -2.72. The molecule has 172 valence electrons. The van der Waals surface area contributed by atoms with Gasteiger partial charge in [-0.2, -0.15) is 4.31 Å². The van der Waals surface area contributed by atoms with Crippen LogP contribution in [0.2, 0.25) is 0 Å². The quantitative estimate of drug-likeness (QED) is 0.733. The van der Waals surface area contributed by atoms with Gasteiger partial charge >= 0.3 is 0 Å². The molecular formula is C22H28N4O5S. The summed E-state index contributed by atoms with van der Waals surface area (Å²) in [6, 6.07) is 7.66. The summed E-state index contributed by atoms with van der Waals surface area (Å²) < 4.78 is 32.6. The molecular weight excluding hydrogens is 432 g/mol. The van der Waals surface area contributed by atoms with E-state index in [2.05, 4.69) is 10.5 Å². The number of piperidine rings is 1. The number of hydrogen-bond donors (Lipinski definition) is 1. The molecule has 9 nitrogen and oxygen atoms in total. The number of rotatable bonds is 5. The van der Waals surface area contributed by atoms with E-state index in [0.29, 0.717) is 56.9 Å². The minimum Gasteiger partial charge on any atom is -0.360 e. The second-order valence-corrected chi connectivity index (χ2v) is 10.4. The molecule has 1 atom stereocenters. The lowest BCUT2D eigenvalue weighted by atomic mass is 9.95. The first-order chi connectivity index (χ1) is 15.3. The van der Waals surface area contributed by atoms with Crippen molar-refractivity contribution < 1.29 is 22.5 Å². The van der Waals surface area contributed by atoms with E-state index in [9.17, 15) is 18.0 Å². The molecule has 1 aromatic heterocycles. The van der Waals surface area contributed by atoms with E-state index in [-0.39, 0.29) is 22.6 Å². The van der Waals surface area contributed by atoms with E-state index in [1.165, 1.54) is 4.31 Å². The number of sulfonamides is 1. The molecule has 2 amide bonds. The fraction of sp³-hybridized carbons (Fsp3) is 0.500. The first-order valence-corrected chi connectivity index (χ1v) is 12.3. The van der Waals surface area contributed by atoms with Crippen LogP contribution in [0.4, 0.5) is 5.82 Å². The van der Waals surface area contributed by atoms with Gasteiger partial charge in [0.05, 0.1) is 4.90 Å². The molecule has 32 heavy (non-hydrogen) atoms. The fourth-order valence-corrected chi connectivity index (χ4v) is 6.00. The van der Waals surface area contributed by atoms with Gasteiger partial charge in [-0.05, 0) is 51.7 Å². The highest BCUT2D eigenvalue weighted by Gasteiger charge is 2.42. The maximum Gasteiger partial charge on any atom is 0.243 e. The van der Waals surface area contributed by atoms with Gasteiger partial charge < -0.3 is 14.7 Å². The third kappa shape index (κ3) is 4.56. The zero-order valence-electron chi connectivity index (χ0n) is 18.3. The summed E-state index contributed by atoms with van der Waals surface area (Å²) in [5.41, 5.74) is 0.976. The molecule has 0 saturated carbocycles. The van der Waals surface area contributed by atoms with E-state index in [1.807, 2.05) is 6.92 Å². The van der Waals surface area contributed by atoms with Gasteiger partial charge in [0, 0.05) is 31.6 Å². The molecule has 4 rings (SSSR count). The van der Waals surface area contributed by atoms with Crippen LogP contribution >= 0.6 is 0 Å². The SMILES string of the molecule is Cc1ccc(S(=O)(=O)N2CCC[C@H]2C(=O)N2CCC(C(=O)Nc3cc(C)on3)CC2)cc1. The second kappa shape index (κ2) is 9.03. The Bertz CT molecular complexity index is 1090. The highest BCUT2D eigenvalue weighted by molar-refractivity contribution is 7.89. The van der Waals surface area contributed by atoms with Crippen molar-refractivity contribution in [2.45, 2.75) is 50.5 Å². The number of aryl methyl sites for hydroxylation is 2. The number of amides is 2. The normalized spacial score (nSPS) is 20.4. The van der Waals surface area contributed by atoms with Gasteiger partial charge in [0.25, 0.3) is 0 Å². The standard InChI is InChI=1S/C22H28N4O5S/c1-15-5-7-18(8-6-15)32(29,30)26-11-3-4-19(26)22(28)25-12-9-17(10-13-25)21(27)23-20-14-16(2)31-24-20/h5-8,14,17,19H,3-4,9-13H2,1-2H3,(H,23,24,27)/t19-/m0/s1. The molecule has 2 aromatic rings. The maximum absolute atomic E-state index is 13.2. The Morgan fingerprint density at radius 1 is 1.06 bits per heavy atom. The summed E-state index contributed by atoms with van der Waals surface area (Å²) in [4.78, 5) is 27.6. The van der Waals surface area contributed by atoms with Crippen LogP contribution in [-0.4, -0.2) is 60.3 Å². The zero-order valence-corrected chi connectivity index (χ0v) is 19.1. The third-order valence-electron chi connectivity index (χ3n) is 6.17. The first kappa shape index (κ1) is 22.5. The first-order valence-electron chi connectivity index (χ1n) is 10.9. The summed E-state index contributed by atoms with van der Waals surface area (Å²) in [7, 11) is -3.74. The molecule has 2 aliphatic rings. The fourth-order valence-electron chi connectivity index (χ4n) is 4.35. The smallest absolute Gasteiger partial charge is 0.243 e. The molecule has 3 heterocycles. The zero-order chi connectivity index (χ0) is 22.9. The number of anilines is 1. The van der Waals surface area contributed by atoms with Gasteiger partial charge in [0.1, 0.15) is 11.8 Å². The molecule has 2 saturated heterocycles. The number of nitrogens with zero attached hydrogens (tertiary/aromatic N) is 3. The number of carbonyl (C=O) groups is 2. The van der Waals surface area contributed by atoms with Gasteiger partial charge in [0.2, 0.25) is 21.8 Å². The van der Waals surface area contributed by atoms with Crippen LogP contribution in [0.25, 0.3) is 0 Å². The lowest BCUT2D eigenvalue weighted by molar-refractivity contribution is -0.137. The summed E-state index contributed by atoms with van der Waals surface area (Å²) >= 11 is 0. The molecule has 10 heteroatoms. The second-order valence-electron chi connectivity index (χ2n) is 8.50. The molecule has 2 fully saturated rings. The minimum absolute atomic E-state index is 0.144. The Kier molecular flexibility index (Phi) is 6.34. The molecule has 0 spiro atoms. The summed E-state index contributed by atoms with van der Waals surface area (Å²) in [6.45, 7) is 4.82. The number of aromatic nitrogens is 1. The van der Waals surface area contributed by atoms with Crippen molar-refractivity contribution in [2.24, 2.45) is 5.92 Å². The van der Waals surface area contributed by atoms with Crippen LogP contribution in [0.1, 0.15) is 37.0 Å². The van der Waals surface area contributed by atoms with Crippen molar-refractivity contribution in [1.29, 1.82) is 0 Å². The number of nitrogens with one attached hydrogen (secondary N) is 1. The monoisotopic (exact) mass is 460 g/mol. The highest BCUT2D eigenvalue weighted by Crippen LogP contribution is 2.29. The van der Waals surface area contributed by atoms with Gasteiger partial charge in [-0.1, -0.05) is 22.9 Å². The number of likely N-dealkylation sites (tertiary alicyclic amines) is 1. The number of benzene rings is 1. The summed E-state index contributed by atoms with van der Waals surface area (Å²) in [5.74, 6) is 0.447. The minimum atomic E-state index is -3.74.